The van der Waals surface area contributed by atoms with Crippen LogP contribution in [0.3, 0.4) is 0 Å². The van der Waals surface area contributed by atoms with Gasteiger partial charge in [-0.1, -0.05) is 37.3 Å². The van der Waals surface area contributed by atoms with Crippen LogP contribution in [0.25, 0.3) is 0 Å². The summed E-state index contributed by atoms with van der Waals surface area (Å²) in [5, 5.41) is 12.3. The van der Waals surface area contributed by atoms with Gasteiger partial charge in [-0.15, -0.1) is 0 Å². The maximum absolute atomic E-state index is 12.1. The molecule has 3 atom stereocenters. The lowest BCUT2D eigenvalue weighted by Crippen LogP contribution is -2.53. The predicted octanol–water partition coefficient (Wildman–Crippen LogP) is 1.78. The highest BCUT2D eigenvalue weighted by atomic mass is 16.3. The molecule has 1 amide bonds. The molecule has 0 fully saturated rings. The van der Waals surface area contributed by atoms with Crippen LogP contribution in [-0.2, 0) is 4.79 Å². The number of nitrogens with one attached hydrogen (secondary N) is 1. The molecule has 4 nitrogen and oxygen atoms in total. The maximum atomic E-state index is 12.1. The topological polar surface area (TPSA) is 75.3 Å². The van der Waals surface area contributed by atoms with E-state index in [0.29, 0.717) is 0 Å². The maximum Gasteiger partial charge on any atom is 0.237 e. The molecular weight excluding hydrogens is 252 g/mol. The van der Waals surface area contributed by atoms with Crippen molar-refractivity contribution in [3.8, 4) is 0 Å². The summed E-state index contributed by atoms with van der Waals surface area (Å²) in [6.45, 7) is 7.68. The number of hydrogen-bond acceptors (Lipinski definition) is 3. The van der Waals surface area contributed by atoms with Crippen molar-refractivity contribution in [2.24, 2.45) is 5.73 Å². The van der Waals surface area contributed by atoms with E-state index < -0.39 is 17.7 Å². The van der Waals surface area contributed by atoms with Gasteiger partial charge in [-0.3, -0.25) is 4.79 Å². The summed E-state index contributed by atoms with van der Waals surface area (Å²) in [4.78, 5) is 12.1. The molecule has 0 aliphatic rings. The third-order valence-corrected chi connectivity index (χ3v) is 3.76. The first-order chi connectivity index (χ1) is 9.24. The molecule has 1 aromatic carbocycles. The van der Waals surface area contributed by atoms with Crippen LogP contribution in [0.15, 0.2) is 30.3 Å². The van der Waals surface area contributed by atoms with Gasteiger partial charge in [0, 0.05) is 11.5 Å². The van der Waals surface area contributed by atoms with E-state index in [1.165, 1.54) is 5.56 Å². The van der Waals surface area contributed by atoms with Gasteiger partial charge in [0.05, 0.1) is 12.1 Å². The van der Waals surface area contributed by atoms with Crippen LogP contribution < -0.4 is 11.1 Å². The van der Waals surface area contributed by atoms with E-state index in [4.69, 9.17) is 5.73 Å². The van der Waals surface area contributed by atoms with Gasteiger partial charge in [0.1, 0.15) is 0 Å². The Labute approximate surface area is 121 Å². The zero-order chi connectivity index (χ0) is 15.3. The van der Waals surface area contributed by atoms with Crippen molar-refractivity contribution in [1.82, 2.24) is 5.32 Å². The molecule has 0 heterocycles. The molecule has 0 aromatic heterocycles. The number of nitrogens with two attached hydrogens (primary N) is 1. The van der Waals surface area contributed by atoms with Gasteiger partial charge in [0.25, 0.3) is 0 Å². The number of rotatable bonds is 6. The number of carbonyl (C=O) groups excluding carboxylic acids is 1. The van der Waals surface area contributed by atoms with Crippen LogP contribution in [0.4, 0.5) is 0 Å². The van der Waals surface area contributed by atoms with Crippen LogP contribution in [0.2, 0.25) is 0 Å². The lowest BCUT2D eigenvalue weighted by molar-refractivity contribution is -0.124. The van der Waals surface area contributed by atoms with Gasteiger partial charge >= 0.3 is 0 Å². The minimum Gasteiger partial charge on any atom is -0.393 e. The van der Waals surface area contributed by atoms with Crippen molar-refractivity contribution in [3.63, 3.8) is 0 Å². The highest BCUT2D eigenvalue weighted by Gasteiger charge is 2.30. The first-order valence-corrected chi connectivity index (χ1v) is 7.04. The number of carbonyl (C=O) groups is 1. The largest absolute Gasteiger partial charge is 0.393 e. The van der Waals surface area contributed by atoms with E-state index in [-0.39, 0.29) is 18.2 Å². The van der Waals surface area contributed by atoms with Crippen LogP contribution >= 0.6 is 0 Å². The molecule has 0 saturated carbocycles. The Morgan fingerprint density at radius 3 is 2.35 bits per heavy atom. The number of amides is 1. The Bertz CT molecular complexity index is 429. The molecule has 0 spiro atoms. The molecule has 4 N–H and O–H groups in total. The van der Waals surface area contributed by atoms with Crippen molar-refractivity contribution in [2.75, 3.05) is 0 Å². The average molecular weight is 278 g/mol. The zero-order valence-corrected chi connectivity index (χ0v) is 12.8. The van der Waals surface area contributed by atoms with E-state index in [1.807, 2.05) is 44.2 Å². The van der Waals surface area contributed by atoms with E-state index in [9.17, 15) is 9.90 Å². The fraction of sp³-hybridized carbons (Fsp3) is 0.562. The van der Waals surface area contributed by atoms with Crippen molar-refractivity contribution in [3.05, 3.63) is 35.9 Å². The Morgan fingerprint density at radius 1 is 1.30 bits per heavy atom. The van der Waals surface area contributed by atoms with Gasteiger partial charge < -0.3 is 16.2 Å². The van der Waals surface area contributed by atoms with E-state index >= 15 is 0 Å². The minimum absolute atomic E-state index is 0.159. The van der Waals surface area contributed by atoms with Gasteiger partial charge in [-0.05, 0) is 32.8 Å². The van der Waals surface area contributed by atoms with Crippen molar-refractivity contribution in [2.45, 2.75) is 57.7 Å². The fourth-order valence-corrected chi connectivity index (χ4v) is 2.15. The van der Waals surface area contributed by atoms with Crippen LogP contribution in [0.1, 0.15) is 45.6 Å². The first kappa shape index (κ1) is 16.7. The highest BCUT2D eigenvalue weighted by Crippen LogP contribution is 2.27. The van der Waals surface area contributed by atoms with E-state index in [0.717, 1.165) is 0 Å². The SMILES string of the molecule is CC(O)CC(N)C(=O)NC(C)(C)C(C)c1ccccc1. The summed E-state index contributed by atoms with van der Waals surface area (Å²) in [7, 11) is 0. The number of aliphatic hydroxyl groups excluding tert-OH is 1. The summed E-state index contributed by atoms with van der Waals surface area (Å²) < 4.78 is 0. The molecule has 0 aliphatic heterocycles. The van der Waals surface area contributed by atoms with Gasteiger partial charge in [0.15, 0.2) is 0 Å². The smallest absolute Gasteiger partial charge is 0.237 e. The summed E-state index contributed by atoms with van der Waals surface area (Å²) in [6.07, 6.45) is -0.313. The Balaban J connectivity index is 2.71. The zero-order valence-electron chi connectivity index (χ0n) is 12.8. The standard InChI is InChI=1S/C16H26N2O2/c1-11(19)10-14(17)15(20)18-16(3,4)12(2)13-8-6-5-7-9-13/h5-9,11-12,14,19H,10,17H2,1-4H3,(H,18,20). The van der Waals surface area contributed by atoms with Crippen molar-refractivity contribution in [1.29, 1.82) is 0 Å². The Kier molecular flexibility index (Phi) is 5.72. The lowest BCUT2D eigenvalue weighted by Gasteiger charge is -2.34. The third-order valence-electron chi connectivity index (χ3n) is 3.76. The fourth-order valence-electron chi connectivity index (χ4n) is 2.15. The Morgan fingerprint density at radius 2 is 1.85 bits per heavy atom. The van der Waals surface area contributed by atoms with E-state index in [2.05, 4.69) is 12.2 Å². The van der Waals surface area contributed by atoms with Crippen molar-refractivity contribution >= 4 is 5.91 Å². The Hall–Kier alpha value is -1.39. The average Bonchev–Trinajstić information content (AvgIpc) is 2.37. The molecule has 112 valence electrons. The third kappa shape index (κ3) is 4.62. The highest BCUT2D eigenvalue weighted by molar-refractivity contribution is 5.82. The van der Waals surface area contributed by atoms with Gasteiger partial charge in [0.2, 0.25) is 5.91 Å². The quantitative estimate of drug-likeness (QED) is 0.742. The molecule has 1 rings (SSSR count). The molecule has 20 heavy (non-hydrogen) atoms. The first-order valence-electron chi connectivity index (χ1n) is 7.04. The molecule has 0 radical (unpaired) electrons. The molecule has 0 saturated heterocycles. The second-order valence-corrected chi connectivity index (χ2v) is 6.03. The van der Waals surface area contributed by atoms with E-state index in [1.54, 1.807) is 6.92 Å². The van der Waals surface area contributed by atoms with Crippen LogP contribution in [-0.4, -0.2) is 28.7 Å². The number of benzene rings is 1. The summed E-state index contributed by atoms with van der Waals surface area (Å²) >= 11 is 0. The molecule has 0 bridgehead atoms. The molecule has 3 unspecified atom stereocenters. The summed E-state index contributed by atoms with van der Waals surface area (Å²) in [6, 6.07) is 9.37. The lowest BCUT2D eigenvalue weighted by atomic mass is 9.83. The number of aliphatic hydroxyl groups is 1. The minimum atomic E-state index is -0.683. The van der Waals surface area contributed by atoms with Crippen LogP contribution in [0.5, 0.6) is 0 Å². The summed E-state index contributed by atoms with van der Waals surface area (Å²) in [5.74, 6) is -0.0647. The molecule has 1 aromatic rings. The summed E-state index contributed by atoms with van der Waals surface area (Å²) in [5.41, 5.74) is 6.55. The van der Waals surface area contributed by atoms with Crippen molar-refractivity contribution < 1.29 is 9.90 Å². The molecule has 4 heteroatoms. The predicted molar refractivity (Wildman–Crippen MR) is 81.4 cm³/mol. The van der Waals surface area contributed by atoms with Gasteiger partial charge in [-0.25, -0.2) is 0 Å². The number of hydrogen-bond donors (Lipinski definition) is 3. The molecule has 0 aliphatic carbocycles. The second-order valence-electron chi connectivity index (χ2n) is 6.03. The second kappa shape index (κ2) is 6.86. The molecular formula is C16H26N2O2. The van der Waals surface area contributed by atoms with Gasteiger partial charge in [-0.2, -0.15) is 0 Å². The van der Waals surface area contributed by atoms with Crippen LogP contribution in [0, 0.1) is 0 Å². The monoisotopic (exact) mass is 278 g/mol. The normalized spacial score (nSPS) is 16.3.